The standard InChI is InChI=1S/C16H17BrN2O2/c1-10-7-8-13(9-15(10)19(20)21)12(3)18-14-6-4-5-11(2)16(14)17/h4-9,12,18H,1-3H3. The number of benzene rings is 2. The summed E-state index contributed by atoms with van der Waals surface area (Å²) in [4.78, 5) is 10.7. The van der Waals surface area contributed by atoms with E-state index in [-0.39, 0.29) is 16.7 Å². The fourth-order valence-electron chi connectivity index (χ4n) is 2.17. The Kier molecular flexibility index (Phi) is 4.63. The smallest absolute Gasteiger partial charge is 0.272 e. The molecule has 0 heterocycles. The minimum absolute atomic E-state index is 0.0256. The van der Waals surface area contributed by atoms with Gasteiger partial charge in [0.2, 0.25) is 0 Å². The fraction of sp³-hybridized carbons (Fsp3) is 0.250. The molecule has 0 aromatic heterocycles. The Hall–Kier alpha value is -1.88. The van der Waals surface area contributed by atoms with Crippen LogP contribution >= 0.6 is 15.9 Å². The molecule has 4 nitrogen and oxygen atoms in total. The number of nitrogens with one attached hydrogen (secondary N) is 1. The van der Waals surface area contributed by atoms with Crippen molar-refractivity contribution < 1.29 is 4.92 Å². The Morgan fingerprint density at radius 3 is 2.57 bits per heavy atom. The Bertz CT molecular complexity index is 686. The summed E-state index contributed by atoms with van der Waals surface area (Å²) < 4.78 is 1.01. The number of hydrogen-bond donors (Lipinski definition) is 1. The number of nitrogens with zero attached hydrogens (tertiary/aromatic N) is 1. The van der Waals surface area contributed by atoms with Crippen LogP contribution in [0.3, 0.4) is 0 Å². The number of anilines is 1. The van der Waals surface area contributed by atoms with Crippen molar-refractivity contribution >= 4 is 27.3 Å². The van der Waals surface area contributed by atoms with E-state index in [0.717, 1.165) is 21.3 Å². The molecule has 0 aliphatic rings. The van der Waals surface area contributed by atoms with Crippen LogP contribution in [0.5, 0.6) is 0 Å². The molecule has 0 aliphatic carbocycles. The number of aryl methyl sites for hydroxylation is 2. The SMILES string of the molecule is Cc1ccc(C(C)Nc2cccc(C)c2Br)cc1[N+](=O)[O-]. The average Bonchev–Trinajstić information content (AvgIpc) is 2.44. The van der Waals surface area contributed by atoms with Crippen LogP contribution in [0.2, 0.25) is 0 Å². The molecule has 110 valence electrons. The van der Waals surface area contributed by atoms with Crippen molar-refractivity contribution in [2.24, 2.45) is 0 Å². The lowest BCUT2D eigenvalue weighted by atomic mass is 10.0. The maximum atomic E-state index is 11.0. The third-order valence-electron chi connectivity index (χ3n) is 3.49. The maximum Gasteiger partial charge on any atom is 0.272 e. The third kappa shape index (κ3) is 3.42. The first-order valence-corrected chi connectivity index (χ1v) is 7.46. The van der Waals surface area contributed by atoms with Gasteiger partial charge in [0, 0.05) is 27.8 Å². The molecular formula is C16H17BrN2O2. The molecule has 1 unspecified atom stereocenters. The first-order valence-electron chi connectivity index (χ1n) is 6.66. The van der Waals surface area contributed by atoms with Crippen LogP contribution in [-0.4, -0.2) is 4.92 Å². The minimum Gasteiger partial charge on any atom is -0.378 e. The lowest BCUT2D eigenvalue weighted by Gasteiger charge is -2.18. The molecule has 0 saturated carbocycles. The lowest BCUT2D eigenvalue weighted by molar-refractivity contribution is -0.385. The third-order valence-corrected chi connectivity index (χ3v) is 4.55. The minimum atomic E-state index is -0.339. The summed E-state index contributed by atoms with van der Waals surface area (Å²) in [5, 5.41) is 14.4. The number of hydrogen-bond acceptors (Lipinski definition) is 3. The van der Waals surface area contributed by atoms with Gasteiger partial charge in [0.05, 0.1) is 4.92 Å². The van der Waals surface area contributed by atoms with Gasteiger partial charge in [-0.2, -0.15) is 0 Å². The molecule has 1 N–H and O–H groups in total. The first kappa shape index (κ1) is 15.5. The van der Waals surface area contributed by atoms with Crippen LogP contribution in [0.4, 0.5) is 11.4 Å². The second kappa shape index (κ2) is 6.26. The second-order valence-corrected chi connectivity index (χ2v) is 5.90. The van der Waals surface area contributed by atoms with Crippen molar-refractivity contribution in [2.75, 3.05) is 5.32 Å². The van der Waals surface area contributed by atoms with Crippen LogP contribution in [0.25, 0.3) is 0 Å². The summed E-state index contributed by atoms with van der Waals surface area (Å²) in [6, 6.07) is 11.3. The van der Waals surface area contributed by atoms with Gasteiger partial charge >= 0.3 is 0 Å². The second-order valence-electron chi connectivity index (χ2n) is 5.11. The first-order chi connectivity index (χ1) is 9.90. The number of nitro groups is 1. The van der Waals surface area contributed by atoms with E-state index in [4.69, 9.17) is 0 Å². The topological polar surface area (TPSA) is 55.2 Å². The Morgan fingerprint density at radius 1 is 1.19 bits per heavy atom. The van der Waals surface area contributed by atoms with E-state index in [1.807, 2.05) is 38.1 Å². The largest absolute Gasteiger partial charge is 0.378 e. The highest BCUT2D eigenvalue weighted by Gasteiger charge is 2.15. The molecule has 0 bridgehead atoms. The molecule has 0 saturated heterocycles. The van der Waals surface area contributed by atoms with Crippen molar-refractivity contribution in [2.45, 2.75) is 26.8 Å². The van der Waals surface area contributed by atoms with E-state index in [1.54, 1.807) is 19.1 Å². The van der Waals surface area contributed by atoms with E-state index >= 15 is 0 Å². The molecule has 0 amide bonds. The maximum absolute atomic E-state index is 11.0. The molecule has 0 radical (unpaired) electrons. The highest BCUT2D eigenvalue weighted by Crippen LogP contribution is 2.30. The van der Waals surface area contributed by atoms with Crippen LogP contribution in [0.15, 0.2) is 40.9 Å². The van der Waals surface area contributed by atoms with E-state index in [2.05, 4.69) is 21.2 Å². The number of rotatable bonds is 4. The lowest BCUT2D eigenvalue weighted by Crippen LogP contribution is -2.08. The Balaban J connectivity index is 2.28. The van der Waals surface area contributed by atoms with Gasteiger partial charge in [-0.3, -0.25) is 10.1 Å². The summed E-state index contributed by atoms with van der Waals surface area (Å²) in [5.41, 5.74) is 3.84. The average molecular weight is 349 g/mol. The van der Waals surface area contributed by atoms with Gasteiger partial charge in [0.15, 0.2) is 0 Å². The van der Waals surface area contributed by atoms with E-state index in [1.165, 1.54) is 0 Å². The van der Waals surface area contributed by atoms with Gasteiger partial charge in [-0.15, -0.1) is 0 Å². The zero-order chi connectivity index (χ0) is 15.6. The molecule has 21 heavy (non-hydrogen) atoms. The fourth-order valence-corrected chi connectivity index (χ4v) is 2.55. The summed E-state index contributed by atoms with van der Waals surface area (Å²) in [5.74, 6) is 0. The van der Waals surface area contributed by atoms with Crippen molar-refractivity contribution in [3.05, 3.63) is 67.7 Å². The molecular weight excluding hydrogens is 332 g/mol. The number of nitro benzene ring substituents is 1. The van der Waals surface area contributed by atoms with Crippen molar-refractivity contribution in [3.8, 4) is 0 Å². The highest BCUT2D eigenvalue weighted by molar-refractivity contribution is 9.10. The Morgan fingerprint density at radius 2 is 1.90 bits per heavy atom. The van der Waals surface area contributed by atoms with Crippen LogP contribution in [0.1, 0.15) is 29.7 Å². The molecule has 0 spiro atoms. The monoisotopic (exact) mass is 348 g/mol. The predicted molar refractivity (Wildman–Crippen MR) is 88.8 cm³/mol. The summed E-state index contributed by atoms with van der Waals surface area (Å²) in [6.07, 6.45) is 0. The molecule has 2 aromatic rings. The normalized spacial score (nSPS) is 12.0. The molecule has 0 fully saturated rings. The van der Waals surface area contributed by atoms with Crippen molar-refractivity contribution in [3.63, 3.8) is 0 Å². The molecule has 5 heteroatoms. The van der Waals surface area contributed by atoms with E-state index < -0.39 is 0 Å². The van der Waals surface area contributed by atoms with E-state index in [9.17, 15) is 10.1 Å². The van der Waals surface area contributed by atoms with Gasteiger partial charge in [0.25, 0.3) is 5.69 Å². The van der Waals surface area contributed by atoms with Crippen LogP contribution < -0.4 is 5.32 Å². The zero-order valence-corrected chi connectivity index (χ0v) is 13.8. The van der Waals surface area contributed by atoms with Crippen molar-refractivity contribution in [1.29, 1.82) is 0 Å². The molecule has 1 atom stereocenters. The molecule has 2 aromatic carbocycles. The van der Waals surface area contributed by atoms with Gasteiger partial charge in [-0.25, -0.2) is 0 Å². The van der Waals surface area contributed by atoms with Gasteiger partial charge in [-0.1, -0.05) is 24.3 Å². The molecule has 2 rings (SSSR count). The predicted octanol–water partition coefficient (Wildman–Crippen LogP) is 5.15. The van der Waals surface area contributed by atoms with Gasteiger partial charge in [-0.05, 0) is 53.9 Å². The molecule has 0 aliphatic heterocycles. The van der Waals surface area contributed by atoms with Gasteiger partial charge < -0.3 is 5.32 Å². The summed E-state index contributed by atoms with van der Waals surface area (Å²) in [6.45, 7) is 5.76. The van der Waals surface area contributed by atoms with E-state index in [0.29, 0.717) is 5.56 Å². The highest BCUT2D eigenvalue weighted by atomic mass is 79.9. The van der Waals surface area contributed by atoms with Crippen LogP contribution in [0, 0.1) is 24.0 Å². The number of halogens is 1. The summed E-state index contributed by atoms with van der Waals surface area (Å²) >= 11 is 3.56. The zero-order valence-electron chi connectivity index (χ0n) is 12.2. The van der Waals surface area contributed by atoms with Crippen LogP contribution in [-0.2, 0) is 0 Å². The van der Waals surface area contributed by atoms with Crippen molar-refractivity contribution in [1.82, 2.24) is 0 Å². The quantitative estimate of drug-likeness (QED) is 0.614. The van der Waals surface area contributed by atoms with Gasteiger partial charge in [0.1, 0.15) is 0 Å². The summed E-state index contributed by atoms with van der Waals surface area (Å²) in [7, 11) is 0. The Labute approximate surface area is 132 Å².